The zero-order valence-corrected chi connectivity index (χ0v) is 16.0. The van der Waals surface area contributed by atoms with Gasteiger partial charge in [0.2, 0.25) is 0 Å². The Labute approximate surface area is 153 Å². The van der Waals surface area contributed by atoms with E-state index in [1.165, 1.54) is 83.5 Å². The van der Waals surface area contributed by atoms with E-state index in [1.807, 2.05) is 0 Å². The molecule has 0 spiro atoms. The number of carbonyl (C=O) groups is 2. The molecular weight excluding hydrogens is 318 g/mol. The number of rotatable bonds is 15. The Morgan fingerprint density at radius 2 is 1.12 bits per heavy atom. The van der Waals surface area contributed by atoms with Gasteiger partial charge in [0, 0.05) is 6.61 Å². The van der Waals surface area contributed by atoms with Gasteiger partial charge in [0.05, 0.1) is 0 Å². The van der Waals surface area contributed by atoms with Crippen molar-refractivity contribution in [3.05, 3.63) is 12.2 Å². The molecule has 0 rings (SSSR count). The van der Waals surface area contributed by atoms with E-state index in [4.69, 9.17) is 10.2 Å². The molecule has 0 unspecified atom stereocenters. The number of carbonyl (C=O) groups excluding carboxylic acids is 1. The van der Waals surface area contributed by atoms with Crippen LogP contribution in [0.3, 0.4) is 0 Å². The van der Waals surface area contributed by atoms with Crippen LogP contribution in [-0.2, 0) is 9.59 Å². The average molecular weight is 358 g/mol. The Balaban J connectivity index is 0. The molecule has 0 aliphatic carbocycles. The highest BCUT2D eigenvalue weighted by Crippen LogP contribution is 2.09. The van der Waals surface area contributed by atoms with E-state index in [2.05, 4.69) is 24.8 Å². The highest BCUT2D eigenvalue weighted by atomic mass is 16.4. The number of aliphatic hydroxyl groups is 1. The van der Waals surface area contributed by atoms with Gasteiger partial charge in [-0.1, -0.05) is 76.9 Å². The molecule has 0 aromatic rings. The predicted molar refractivity (Wildman–Crippen MR) is 103 cm³/mol. The Morgan fingerprint density at radius 1 is 0.760 bits per heavy atom. The lowest BCUT2D eigenvalue weighted by atomic mass is 10.1. The molecule has 5 heteroatoms. The number of hydrogen-bond acceptors (Lipinski definition) is 3. The van der Waals surface area contributed by atoms with E-state index in [0.717, 1.165) is 6.42 Å². The molecule has 0 aromatic heterocycles. The van der Waals surface area contributed by atoms with Crippen LogP contribution in [0.25, 0.3) is 0 Å². The molecule has 1 amide bonds. The average Bonchev–Trinajstić information content (AvgIpc) is 2.59. The zero-order valence-electron chi connectivity index (χ0n) is 16.0. The lowest BCUT2D eigenvalue weighted by Crippen LogP contribution is -2.21. The third-order valence-corrected chi connectivity index (χ3v) is 3.88. The third-order valence-electron chi connectivity index (χ3n) is 3.88. The molecule has 0 saturated heterocycles. The van der Waals surface area contributed by atoms with Crippen LogP contribution in [0, 0.1) is 0 Å². The van der Waals surface area contributed by atoms with Crippen molar-refractivity contribution in [2.45, 2.75) is 96.8 Å². The molecule has 0 aliphatic heterocycles. The minimum Gasteiger partial charge on any atom is -0.474 e. The van der Waals surface area contributed by atoms with E-state index in [9.17, 15) is 9.59 Å². The SMILES string of the molecule is CCCCCCCC/C=C\CCCCCCCCO.NC(=O)C(=O)O. The van der Waals surface area contributed by atoms with E-state index < -0.39 is 11.9 Å². The van der Waals surface area contributed by atoms with Gasteiger partial charge in [-0.05, 0) is 32.1 Å². The fourth-order valence-electron chi connectivity index (χ4n) is 2.36. The van der Waals surface area contributed by atoms with Crippen molar-refractivity contribution in [1.82, 2.24) is 0 Å². The van der Waals surface area contributed by atoms with E-state index in [1.54, 1.807) is 0 Å². The molecule has 148 valence electrons. The first-order valence-corrected chi connectivity index (χ1v) is 9.84. The Morgan fingerprint density at radius 3 is 1.48 bits per heavy atom. The van der Waals surface area contributed by atoms with Crippen LogP contribution in [0.5, 0.6) is 0 Å². The summed E-state index contributed by atoms with van der Waals surface area (Å²) in [4.78, 5) is 18.5. The maximum Gasteiger partial charge on any atom is 0.394 e. The van der Waals surface area contributed by atoms with Crippen LogP contribution in [0.15, 0.2) is 12.2 Å². The maximum atomic E-state index is 9.32. The number of amides is 1. The fourth-order valence-corrected chi connectivity index (χ4v) is 2.36. The van der Waals surface area contributed by atoms with Crippen LogP contribution in [0.4, 0.5) is 0 Å². The maximum absolute atomic E-state index is 9.32. The van der Waals surface area contributed by atoms with Crippen molar-refractivity contribution in [1.29, 1.82) is 0 Å². The summed E-state index contributed by atoms with van der Waals surface area (Å²) >= 11 is 0. The smallest absolute Gasteiger partial charge is 0.394 e. The number of carboxylic acids is 1. The summed E-state index contributed by atoms with van der Waals surface area (Å²) in [5.41, 5.74) is 4.20. The van der Waals surface area contributed by atoms with Gasteiger partial charge in [0.25, 0.3) is 0 Å². The highest BCUT2D eigenvalue weighted by molar-refractivity contribution is 6.30. The topological polar surface area (TPSA) is 101 Å². The Bertz CT molecular complexity index is 318. The fraction of sp³-hybridized carbons (Fsp3) is 0.800. The molecule has 0 fully saturated rings. The molecule has 0 atom stereocenters. The predicted octanol–water partition coefficient (Wildman–Crippen LogP) is 4.57. The minimum atomic E-state index is -1.60. The molecule has 0 heterocycles. The van der Waals surface area contributed by atoms with Gasteiger partial charge >= 0.3 is 11.9 Å². The number of aliphatic hydroxyl groups excluding tert-OH is 1. The second-order valence-corrected chi connectivity index (χ2v) is 6.33. The Hall–Kier alpha value is -1.36. The van der Waals surface area contributed by atoms with Crippen molar-refractivity contribution < 1.29 is 19.8 Å². The van der Waals surface area contributed by atoms with Crippen molar-refractivity contribution in [3.8, 4) is 0 Å². The minimum absolute atomic E-state index is 0.362. The number of hydrogen-bond donors (Lipinski definition) is 3. The summed E-state index contributed by atoms with van der Waals surface area (Å²) in [7, 11) is 0. The third kappa shape index (κ3) is 27.8. The van der Waals surface area contributed by atoms with Gasteiger partial charge in [-0.2, -0.15) is 0 Å². The second-order valence-electron chi connectivity index (χ2n) is 6.33. The van der Waals surface area contributed by atoms with Gasteiger partial charge in [-0.15, -0.1) is 0 Å². The summed E-state index contributed by atoms with van der Waals surface area (Å²) in [6.07, 6.45) is 23.2. The van der Waals surface area contributed by atoms with Crippen LogP contribution in [0.2, 0.25) is 0 Å². The first kappa shape index (κ1) is 25.9. The normalized spacial score (nSPS) is 10.5. The number of nitrogens with two attached hydrogens (primary N) is 1. The lowest BCUT2D eigenvalue weighted by Gasteiger charge is -1.99. The largest absolute Gasteiger partial charge is 0.474 e. The first-order chi connectivity index (χ1) is 12.1. The van der Waals surface area contributed by atoms with Crippen LogP contribution >= 0.6 is 0 Å². The van der Waals surface area contributed by atoms with Crippen LogP contribution < -0.4 is 5.73 Å². The summed E-state index contributed by atoms with van der Waals surface area (Å²) in [5.74, 6) is -2.93. The number of carboxylic acid groups (broad SMARTS) is 1. The van der Waals surface area contributed by atoms with Crippen molar-refractivity contribution in [3.63, 3.8) is 0 Å². The monoisotopic (exact) mass is 357 g/mol. The standard InChI is InChI=1S/C18H36O.C2H3NO3/c1-2-3-4-5-6-7-8-9-10-11-12-13-14-15-16-17-18-19;3-1(4)2(5)6/h9-10,19H,2-8,11-18H2,1H3;(H2,3,4)(H,5,6)/b10-9-;. The lowest BCUT2D eigenvalue weighted by molar-refractivity contribution is -0.148. The van der Waals surface area contributed by atoms with E-state index in [-0.39, 0.29) is 0 Å². The van der Waals surface area contributed by atoms with Gasteiger partial charge < -0.3 is 15.9 Å². The van der Waals surface area contributed by atoms with Gasteiger partial charge in [-0.25, -0.2) is 4.79 Å². The summed E-state index contributed by atoms with van der Waals surface area (Å²) in [6, 6.07) is 0. The van der Waals surface area contributed by atoms with Gasteiger partial charge in [-0.3, -0.25) is 4.79 Å². The molecule has 5 nitrogen and oxygen atoms in total. The number of unbranched alkanes of at least 4 members (excludes halogenated alkanes) is 12. The van der Waals surface area contributed by atoms with Crippen molar-refractivity contribution in [2.75, 3.05) is 6.61 Å². The van der Waals surface area contributed by atoms with Crippen LogP contribution in [-0.4, -0.2) is 28.7 Å². The molecule has 0 aromatic carbocycles. The Kier molecular flexibility index (Phi) is 23.4. The number of primary amides is 1. The molecule has 0 radical (unpaired) electrons. The molecular formula is C20H39NO4. The summed E-state index contributed by atoms with van der Waals surface area (Å²) < 4.78 is 0. The van der Waals surface area contributed by atoms with Crippen LogP contribution in [0.1, 0.15) is 96.8 Å². The zero-order chi connectivity index (χ0) is 19.2. The van der Waals surface area contributed by atoms with E-state index in [0.29, 0.717) is 6.61 Å². The highest BCUT2D eigenvalue weighted by Gasteiger charge is 2.00. The molecule has 25 heavy (non-hydrogen) atoms. The molecule has 0 aliphatic rings. The van der Waals surface area contributed by atoms with Gasteiger partial charge in [0.15, 0.2) is 0 Å². The van der Waals surface area contributed by atoms with E-state index >= 15 is 0 Å². The first-order valence-electron chi connectivity index (χ1n) is 9.84. The number of aliphatic carboxylic acids is 1. The van der Waals surface area contributed by atoms with Crippen molar-refractivity contribution >= 4 is 11.9 Å². The second kappa shape index (κ2) is 22.6. The molecule has 4 N–H and O–H groups in total. The molecule has 0 saturated carbocycles. The quantitative estimate of drug-likeness (QED) is 0.227. The van der Waals surface area contributed by atoms with Crippen molar-refractivity contribution in [2.24, 2.45) is 5.73 Å². The summed E-state index contributed by atoms with van der Waals surface area (Å²) in [5, 5.41) is 16.2. The molecule has 0 bridgehead atoms. The summed E-state index contributed by atoms with van der Waals surface area (Å²) in [6.45, 7) is 2.64. The number of allylic oxidation sites excluding steroid dienone is 2. The van der Waals surface area contributed by atoms with Gasteiger partial charge in [0.1, 0.15) is 0 Å².